The molecule has 6 nitrogen and oxygen atoms in total. The Morgan fingerprint density at radius 3 is 2.48 bits per heavy atom. The number of nitrogens with zero attached hydrogens (tertiary/aromatic N) is 2. The molecule has 0 aliphatic heterocycles. The molecule has 2 aromatic rings. The van der Waals surface area contributed by atoms with E-state index >= 15 is 0 Å². The van der Waals surface area contributed by atoms with Crippen LogP contribution < -0.4 is 10.6 Å². The lowest BCUT2D eigenvalue weighted by molar-refractivity contribution is 0.0883. The van der Waals surface area contributed by atoms with Crippen molar-refractivity contribution < 1.29 is 9.21 Å². The van der Waals surface area contributed by atoms with Crippen LogP contribution in [0.1, 0.15) is 75.0 Å². The first-order valence-electron chi connectivity index (χ1n) is 9.24. The monoisotopic (exact) mass is 342 g/mol. The van der Waals surface area contributed by atoms with Crippen molar-refractivity contribution in [2.45, 2.75) is 76.8 Å². The van der Waals surface area contributed by atoms with Gasteiger partial charge in [-0.05, 0) is 46.5 Å². The summed E-state index contributed by atoms with van der Waals surface area (Å²) in [6, 6.07) is 0. The number of aromatic nitrogens is 2. The Kier molecular flexibility index (Phi) is 3.74. The minimum Gasteiger partial charge on any atom is -0.445 e. The molecule has 1 amide bonds. The molecule has 2 aliphatic carbocycles. The van der Waals surface area contributed by atoms with Gasteiger partial charge in [0.25, 0.3) is 5.91 Å². The highest BCUT2D eigenvalue weighted by molar-refractivity contribution is 6.09. The molecule has 2 heterocycles. The van der Waals surface area contributed by atoms with Gasteiger partial charge in [-0.3, -0.25) is 4.79 Å². The molecule has 0 atom stereocenters. The van der Waals surface area contributed by atoms with Crippen LogP contribution in [0.5, 0.6) is 0 Å². The third-order valence-electron chi connectivity index (χ3n) is 5.58. The Labute approximate surface area is 147 Å². The predicted molar refractivity (Wildman–Crippen MR) is 96.8 cm³/mol. The zero-order valence-electron chi connectivity index (χ0n) is 15.2. The van der Waals surface area contributed by atoms with Crippen molar-refractivity contribution in [2.75, 3.05) is 5.32 Å². The highest BCUT2D eigenvalue weighted by Gasteiger charge is 2.39. The number of carbonyl (C=O) groups is 1. The van der Waals surface area contributed by atoms with Crippen molar-refractivity contribution in [3.8, 4) is 0 Å². The van der Waals surface area contributed by atoms with Crippen LogP contribution in [-0.4, -0.2) is 27.0 Å². The quantitative estimate of drug-likeness (QED) is 0.879. The van der Waals surface area contributed by atoms with Crippen molar-refractivity contribution in [1.82, 2.24) is 15.3 Å². The molecule has 0 aromatic carbocycles. The van der Waals surface area contributed by atoms with Crippen LogP contribution in [0, 0.1) is 6.92 Å². The molecule has 4 rings (SSSR count). The second-order valence-corrected chi connectivity index (χ2v) is 8.21. The summed E-state index contributed by atoms with van der Waals surface area (Å²) in [4.78, 5) is 21.9. The van der Waals surface area contributed by atoms with Gasteiger partial charge in [-0.25, -0.2) is 4.98 Å². The van der Waals surface area contributed by atoms with Gasteiger partial charge in [0.15, 0.2) is 0 Å². The number of anilines is 1. The maximum absolute atomic E-state index is 13.0. The van der Waals surface area contributed by atoms with Gasteiger partial charge in [0.2, 0.25) is 5.71 Å². The standard InChI is InChI=1S/C19H26N4O2/c1-12-20-15(22-19(3)9-10-19)14-13(11-25-17(14)21-12)16(24)23-18(2)7-5-4-6-8-18/h11H,4-10H2,1-3H3,(H,23,24)(H,20,21,22). The molecule has 0 bridgehead atoms. The van der Waals surface area contributed by atoms with E-state index in [-0.39, 0.29) is 17.0 Å². The average Bonchev–Trinajstić information content (AvgIpc) is 3.10. The summed E-state index contributed by atoms with van der Waals surface area (Å²) >= 11 is 0. The van der Waals surface area contributed by atoms with Gasteiger partial charge in [-0.1, -0.05) is 19.3 Å². The van der Waals surface area contributed by atoms with Crippen LogP contribution in [0.25, 0.3) is 11.1 Å². The molecular formula is C19H26N4O2. The van der Waals surface area contributed by atoms with Crippen molar-refractivity contribution >= 4 is 22.8 Å². The first-order chi connectivity index (χ1) is 11.9. The minimum atomic E-state index is -0.138. The first-order valence-corrected chi connectivity index (χ1v) is 9.24. The van der Waals surface area contributed by atoms with Gasteiger partial charge >= 0.3 is 0 Å². The smallest absolute Gasteiger partial charge is 0.255 e. The lowest BCUT2D eigenvalue weighted by Crippen LogP contribution is -2.47. The molecule has 2 N–H and O–H groups in total. The topological polar surface area (TPSA) is 80.0 Å². The van der Waals surface area contributed by atoms with E-state index in [4.69, 9.17) is 4.42 Å². The van der Waals surface area contributed by atoms with Gasteiger partial charge in [-0.15, -0.1) is 0 Å². The van der Waals surface area contributed by atoms with E-state index in [0.29, 0.717) is 28.3 Å². The van der Waals surface area contributed by atoms with Gasteiger partial charge in [0.05, 0.1) is 10.9 Å². The molecule has 6 heteroatoms. The Balaban J connectivity index is 1.68. The summed E-state index contributed by atoms with van der Waals surface area (Å²) in [6.45, 7) is 6.14. The number of furan rings is 1. The molecule has 2 aliphatic rings. The summed E-state index contributed by atoms with van der Waals surface area (Å²) in [7, 11) is 0. The highest BCUT2D eigenvalue weighted by atomic mass is 16.3. The lowest BCUT2D eigenvalue weighted by Gasteiger charge is -2.34. The Bertz CT molecular complexity index is 816. The summed E-state index contributed by atoms with van der Waals surface area (Å²) in [5.41, 5.74) is 0.918. The van der Waals surface area contributed by atoms with Crippen LogP contribution >= 0.6 is 0 Å². The van der Waals surface area contributed by atoms with Crippen LogP contribution in [0.15, 0.2) is 10.7 Å². The zero-order valence-corrected chi connectivity index (χ0v) is 15.2. The summed E-state index contributed by atoms with van der Waals surface area (Å²) in [6.07, 6.45) is 9.35. The van der Waals surface area contributed by atoms with Gasteiger partial charge < -0.3 is 15.1 Å². The SMILES string of the molecule is Cc1nc(NC2(C)CC2)c2c(C(=O)NC3(C)CCCCC3)coc2n1. The van der Waals surface area contributed by atoms with Crippen molar-refractivity contribution in [2.24, 2.45) is 0 Å². The maximum Gasteiger partial charge on any atom is 0.255 e. The largest absolute Gasteiger partial charge is 0.445 e. The Morgan fingerprint density at radius 1 is 1.08 bits per heavy atom. The van der Waals surface area contributed by atoms with Crippen molar-refractivity contribution in [3.63, 3.8) is 0 Å². The second kappa shape index (κ2) is 5.71. The highest BCUT2D eigenvalue weighted by Crippen LogP contribution is 2.40. The summed E-state index contributed by atoms with van der Waals surface area (Å²) < 4.78 is 5.60. The number of carbonyl (C=O) groups excluding carboxylic acids is 1. The lowest BCUT2D eigenvalue weighted by atomic mass is 9.83. The summed E-state index contributed by atoms with van der Waals surface area (Å²) in [5, 5.41) is 7.40. The average molecular weight is 342 g/mol. The summed E-state index contributed by atoms with van der Waals surface area (Å²) in [5.74, 6) is 1.25. The van der Waals surface area contributed by atoms with Crippen LogP contribution in [-0.2, 0) is 0 Å². The van der Waals surface area contributed by atoms with E-state index in [2.05, 4.69) is 34.4 Å². The fourth-order valence-corrected chi connectivity index (χ4v) is 3.70. The number of hydrogen-bond donors (Lipinski definition) is 2. The molecule has 0 saturated heterocycles. The second-order valence-electron chi connectivity index (χ2n) is 8.21. The van der Waals surface area contributed by atoms with E-state index < -0.39 is 0 Å². The van der Waals surface area contributed by atoms with E-state index in [9.17, 15) is 4.79 Å². The minimum absolute atomic E-state index is 0.0636. The van der Waals surface area contributed by atoms with E-state index in [1.165, 1.54) is 12.7 Å². The molecule has 2 aromatic heterocycles. The van der Waals surface area contributed by atoms with E-state index in [1.54, 1.807) is 0 Å². The first kappa shape index (κ1) is 16.4. The molecule has 0 unspecified atom stereocenters. The number of nitrogens with one attached hydrogen (secondary N) is 2. The van der Waals surface area contributed by atoms with Gasteiger partial charge in [-0.2, -0.15) is 4.98 Å². The van der Waals surface area contributed by atoms with Crippen LogP contribution in [0.4, 0.5) is 5.82 Å². The molecule has 0 radical (unpaired) electrons. The van der Waals surface area contributed by atoms with Crippen LogP contribution in [0.3, 0.4) is 0 Å². The van der Waals surface area contributed by atoms with Gasteiger partial charge in [0.1, 0.15) is 17.9 Å². The molecule has 134 valence electrons. The van der Waals surface area contributed by atoms with Crippen molar-refractivity contribution in [1.29, 1.82) is 0 Å². The predicted octanol–water partition coefficient (Wildman–Crippen LogP) is 3.95. The molecule has 2 fully saturated rings. The number of aryl methyl sites for hydroxylation is 1. The molecule has 0 spiro atoms. The number of amides is 1. The Hall–Kier alpha value is -2.11. The van der Waals surface area contributed by atoms with E-state index in [1.807, 2.05) is 6.92 Å². The van der Waals surface area contributed by atoms with Crippen LogP contribution in [0.2, 0.25) is 0 Å². The van der Waals surface area contributed by atoms with Crippen molar-refractivity contribution in [3.05, 3.63) is 17.7 Å². The number of fused-ring (bicyclic) bond motifs is 1. The fourth-order valence-electron chi connectivity index (χ4n) is 3.70. The molecular weight excluding hydrogens is 316 g/mol. The third-order valence-corrected chi connectivity index (χ3v) is 5.58. The fraction of sp³-hybridized carbons (Fsp3) is 0.632. The third kappa shape index (κ3) is 3.22. The maximum atomic E-state index is 13.0. The number of rotatable bonds is 4. The number of hydrogen-bond acceptors (Lipinski definition) is 5. The zero-order chi connectivity index (χ0) is 17.7. The van der Waals surface area contributed by atoms with E-state index in [0.717, 1.165) is 38.5 Å². The molecule has 2 saturated carbocycles. The molecule has 25 heavy (non-hydrogen) atoms. The van der Waals surface area contributed by atoms with Gasteiger partial charge in [0, 0.05) is 11.1 Å². The normalized spacial score (nSPS) is 21.1. The Morgan fingerprint density at radius 2 is 1.80 bits per heavy atom.